The van der Waals surface area contributed by atoms with Crippen LogP contribution in [-0.4, -0.2) is 46.1 Å². The van der Waals surface area contributed by atoms with Gasteiger partial charge in [0.25, 0.3) is 5.91 Å². The molecule has 1 aromatic carbocycles. The van der Waals surface area contributed by atoms with Crippen LogP contribution in [-0.2, 0) is 6.50 Å². The number of rotatable bonds is 5. The lowest BCUT2D eigenvalue weighted by Crippen LogP contribution is -2.48. The van der Waals surface area contributed by atoms with E-state index in [9.17, 15) is 9.18 Å². The maximum atomic E-state index is 16.0. The second kappa shape index (κ2) is 8.27. The topological polar surface area (TPSA) is 58.1 Å². The molecular formula is C19H21ClF2N4O. The number of halogens is 3. The van der Waals surface area contributed by atoms with Gasteiger partial charge in [0.05, 0.1) is 14.3 Å². The molecule has 144 valence electrons. The maximum Gasteiger partial charge on any atom is 0.253 e. The zero-order chi connectivity index (χ0) is 24.8. The van der Waals surface area contributed by atoms with E-state index >= 15 is 4.39 Å². The zero-order valence-corrected chi connectivity index (χ0v) is 15.1. The molecule has 1 aliphatic rings. The smallest absolute Gasteiger partial charge is 0.253 e. The second-order valence-electron chi connectivity index (χ2n) is 6.01. The third-order valence-corrected chi connectivity index (χ3v) is 4.16. The van der Waals surface area contributed by atoms with Gasteiger partial charge in [-0.15, -0.1) is 0 Å². The van der Waals surface area contributed by atoms with Crippen LogP contribution in [0.1, 0.15) is 42.7 Å². The van der Waals surface area contributed by atoms with E-state index in [0.29, 0.717) is 5.56 Å². The fraction of sp³-hybridized carbons (Fsp3) is 0.421. The summed E-state index contributed by atoms with van der Waals surface area (Å²) in [6.45, 7) is -3.47. The molecule has 0 bridgehead atoms. The fourth-order valence-corrected chi connectivity index (χ4v) is 2.52. The highest BCUT2D eigenvalue weighted by Gasteiger charge is 2.36. The van der Waals surface area contributed by atoms with Gasteiger partial charge >= 0.3 is 0 Å². The lowest BCUT2D eigenvalue weighted by Gasteiger charge is -2.36. The molecule has 3 rings (SSSR count). The molecule has 0 spiro atoms. The largest absolute Gasteiger partial charge is 0.338 e. The lowest BCUT2D eigenvalue weighted by atomic mass is 9.92. The molecule has 0 atom stereocenters. The highest BCUT2D eigenvalue weighted by molar-refractivity contribution is 6.31. The normalized spacial score (nSPS) is 23.9. The Morgan fingerprint density at radius 1 is 1.41 bits per heavy atom. The fourth-order valence-electron chi connectivity index (χ4n) is 2.34. The van der Waals surface area contributed by atoms with Crippen molar-refractivity contribution in [2.45, 2.75) is 31.8 Å². The van der Waals surface area contributed by atoms with Crippen LogP contribution in [0.2, 0.25) is 5.02 Å². The van der Waals surface area contributed by atoms with Gasteiger partial charge in [-0.05, 0) is 30.7 Å². The van der Waals surface area contributed by atoms with Gasteiger partial charge in [0.2, 0.25) is 0 Å². The van der Waals surface area contributed by atoms with Crippen molar-refractivity contribution in [3.63, 3.8) is 0 Å². The monoisotopic (exact) mass is 400 g/mol. The summed E-state index contributed by atoms with van der Waals surface area (Å²) in [6.07, 6.45) is -3.11. The average Bonchev–Trinajstić information content (AvgIpc) is 2.72. The Morgan fingerprint density at radius 2 is 2.07 bits per heavy atom. The van der Waals surface area contributed by atoms with Crippen molar-refractivity contribution in [1.29, 1.82) is 0 Å². The van der Waals surface area contributed by atoms with Gasteiger partial charge in [0.15, 0.2) is 0 Å². The minimum absolute atomic E-state index is 0.106. The van der Waals surface area contributed by atoms with Gasteiger partial charge in [-0.1, -0.05) is 11.6 Å². The quantitative estimate of drug-likeness (QED) is 0.836. The number of carbonyl (C=O) groups excluding carboxylic acids is 1. The number of hydrogen-bond acceptors (Lipinski definition) is 4. The highest BCUT2D eigenvalue weighted by atomic mass is 35.5. The maximum absolute atomic E-state index is 16.0. The molecule has 1 N–H and O–H groups in total. The molecule has 2 aromatic rings. The van der Waals surface area contributed by atoms with E-state index in [-0.39, 0.29) is 16.4 Å². The summed E-state index contributed by atoms with van der Waals surface area (Å²) >= 11 is 5.69. The number of hydrogen-bond donors (Lipinski definition) is 1. The van der Waals surface area contributed by atoms with E-state index in [4.69, 9.17) is 19.8 Å². The van der Waals surface area contributed by atoms with Gasteiger partial charge in [0, 0.05) is 55.8 Å². The van der Waals surface area contributed by atoms with Crippen LogP contribution >= 0.6 is 11.6 Å². The van der Waals surface area contributed by atoms with Gasteiger partial charge < -0.3 is 10.2 Å². The van der Waals surface area contributed by atoms with Gasteiger partial charge in [-0.25, -0.2) is 18.7 Å². The summed E-state index contributed by atoms with van der Waals surface area (Å²) < 4.78 is 78.4. The van der Waals surface area contributed by atoms with Gasteiger partial charge in [-0.2, -0.15) is 0 Å². The molecule has 0 aliphatic carbocycles. The predicted octanol–water partition coefficient (Wildman–Crippen LogP) is 3.31. The summed E-state index contributed by atoms with van der Waals surface area (Å²) in [7, 11) is 0. The number of aryl methyl sites for hydroxylation is 1. The summed E-state index contributed by atoms with van der Waals surface area (Å²) in [4.78, 5) is 21.3. The number of amides is 1. The minimum Gasteiger partial charge on any atom is -0.338 e. The number of nitrogens with one attached hydrogen (secondary N) is 1. The Kier molecular flexibility index (Phi) is 4.02. The number of benzene rings is 1. The molecule has 1 fully saturated rings. The Labute approximate surface area is 170 Å². The van der Waals surface area contributed by atoms with E-state index in [1.165, 1.54) is 12.4 Å². The molecule has 8 heteroatoms. The molecule has 2 heterocycles. The van der Waals surface area contributed by atoms with Crippen molar-refractivity contribution in [3.8, 4) is 0 Å². The number of alkyl halides is 1. The van der Waals surface area contributed by atoms with Crippen LogP contribution in [0.4, 0.5) is 8.78 Å². The molecule has 1 amide bonds. The SMILES string of the molecule is [2H]C([2H])(NCC1(F)C([2H])([2H])CN(C(=O)c2ccc(F)c(Cl)c2)CC1([2H])[2H])c1ncc(C)cn1. The van der Waals surface area contributed by atoms with Crippen molar-refractivity contribution in [1.82, 2.24) is 20.2 Å². The van der Waals surface area contributed by atoms with E-state index < -0.39 is 56.3 Å². The summed E-state index contributed by atoms with van der Waals surface area (Å²) in [5.74, 6) is -1.93. The minimum atomic E-state index is -3.21. The van der Waals surface area contributed by atoms with Crippen molar-refractivity contribution < 1.29 is 21.8 Å². The molecule has 0 unspecified atom stereocenters. The number of nitrogens with zero attached hydrogens (tertiary/aromatic N) is 3. The van der Waals surface area contributed by atoms with Crippen LogP contribution in [0, 0.1) is 12.7 Å². The number of aromatic nitrogens is 2. The Morgan fingerprint density at radius 3 is 2.70 bits per heavy atom. The first kappa shape index (κ1) is 13.1. The lowest BCUT2D eigenvalue weighted by molar-refractivity contribution is 0.0434. The number of piperidine rings is 1. The second-order valence-corrected chi connectivity index (χ2v) is 6.41. The molecule has 27 heavy (non-hydrogen) atoms. The molecule has 0 saturated carbocycles. The van der Waals surface area contributed by atoms with Crippen LogP contribution in [0.3, 0.4) is 0 Å². The summed E-state index contributed by atoms with van der Waals surface area (Å²) in [5.41, 5.74) is -2.65. The van der Waals surface area contributed by atoms with E-state index in [0.717, 1.165) is 23.1 Å². The Bertz CT molecular complexity index is 1040. The summed E-state index contributed by atoms with van der Waals surface area (Å²) in [6, 6.07) is 3.09. The van der Waals surface area contributed by atoms with Crippen LogP contribution in [0.15, 0.2) is 30.6 Å². The van der Waals surface area contributed by atoms with E-state index in [1.54, 1.807) is 6.92 Å². The van der Waals surface area contributed by atoms with Crippen LogP contribution < -0.4 is 5.32 Å². The van der Waals surface area contributed by atoms with Crippen molar-refractivity contribution in [3.05, 3.63) is 58.4 Å². The third-order valence-electron chi connectivity index (χ3n) is 3.87. The highest BCUT2D eigenvalue weighted by Crippen LogP contribution is 2.27. The van der Waals surface area contributed by atoms with Gasteiger partial charge in [0.1, 0.15) is 17.3 Å². The van der Waals surface area contributed by atoms with Crippen LogP contribution in [0.25, 0.3) is 0 Å². The zero-order valence-electron chi connectivity index (χ0n) is 20.4. The molecule has 1 aliphatic heterocycles. The first-order valence-electron chi connectivity index (χ1n) is 11.1. The van der Waals surface area contributed by atoms with Crippen molar-refractivity contribution in [2.24, 2.45) is 0 Å². The third kappa shape index (κ3) is 4.99. The molecular weight excluding hydrogens is 374 g/mol. The molecule has 1 aromatic heterocycles. The predicted molar refractivity (Wildman–Crippen MR) is 98.9 cm³/mol. The van der Waals surface area contributed by atoms with E-state index in [1.807, 2.05) is 0 Å². The van der Waals surface area contributed by atoms with Gasteiger partial charge in [-0.3, -0.25) is 4.79 Å². The Balaban J connectivity index is 1.83. The summed E-state index contributed by atoms with van der Waals surface area (Å²) in [5, 5.41) is 1.86. The Hall–Kier alpha value is -2.12. The first-order chi connectivity index (χ1) is 15.1. The first-order valence-corrected chi connectivity index (χ1v) is 8.45. The molecule has 1 saturated heterocycles. The number of carbonyl (C=O) groups is 1. The standard InChI is InChI=1S/C19H21ClF2N4O/c1-13-9-24-17(25-10-13)11-23-12-19(22)4-6-26(7-5-19)18(27)14-2-3-16(21)15(20)8-14/h2-3,8-10,23H,4-7,11-12H2,1H3/i4D2,5D2,11D2. The van der Waals surface area contributed by atoms with E-state index in [2.05, 4.69) is 15.3 Å². The van der Waals surface area contributed by atoms with Crippen LogP contribution in [0.5, 0.6) is 0 Å². The molecule has 5 nitrogen and oxygen atoms in total. The van der Waals surface area contributed by atoms with Crippen molar-refractivity contribution >= 4 is 17.5 Å². The molecule has 0 radical (unpaired) electrons. The van der Waals surface area contributed by atoms with Crippen molar-refractivity contribution in [2.75, 3.05) is 19.6 Å². The number of likely N-dealkylation sites (tertiary alicyclic amines) is 1. The average molecular weight is 401 g/mol.